The molecule has 0 aromatic heterocycles. The van der Waals surface area contributed by atoms with E-state index in [9.17, 15) is 14.7 Å². The zero-order valence-electron chi connectivity index (χ0n) is 11.6. The maximum atomic E-state index is 12.3. The van der Waals surface area contributed by atoms with Crippen molar-refractivity contribution >= 4 is 34.5 Å². The van der Waals surface area contributed by atoms with Crippen LogP contribution >= 0.6 is 22.6 Å². The molecule has 0 radical (unpaired) electrons. The smallest absolute Gasteiger partial charge is 0.325 e. The molecule has 0 fully saturated rings. The van der Waals surface area contributed by atoms with Crippen molar-refractivity contribution in [3.8, 4) is 5.75 Å². The number of esters is 1. The van der Waals surface area contributed by atoms with Gasteiger partial charge >= 0.3 is 5.97 Å². The Kier molecular flexibility index (Phi) is 6.77. The molecule has 1 aromatic rings. The molecule has 0 aliphatic rings. The summed E-state index contributed by atoms with van der Waals surface area (Å²) in [6.45, 7) is 4.33. The molecular weight excluding hydrogens is 373 g/mol. The third-order valence-electron chi connectivity index (χ3n) is 2.60. The van der Waals surface area contributed by atoms with Gasteiger partial charge < -0.3 is 14.7 Å². The molecule has 0 saturated heterocycles. The summed E-state index contributed by atoms with van der Waals surface area (Å²) in [5.74, 6) is -0.653. The average Bonchev–Trinajstić information content (AvgIpc) is 2.41. The van der Waals surface area contributed by atoms with E-state index in [4.69, 9.17) is 4.74 Å². The number of aromatic hydroxyl groups is 1. The fraction of sp³-hybridized carbons (Fsp3) is 0.429. The number of carbonyl (C=O) groups excluding carboxylic acids is 2. The van der Waals surface area contributed by atoms with Crippen molar-refractivity contribution in [2.75, 3.05) is 19.7 Å². The summed E-state index contributed by atoms with van der Waals surface area (Å²) in [6, 6.07) is 4.72. The second kappa shape index (κ2) is 8.08. The zero-order valence-corrected chi connectivity index (χ0v) is 13.7. The second-order valence-electron chi connectivity index (χ2n) is 4.20. The summed E-state index contributed by atoms with van der Waals surface area (Å²) >= 11 is 1.98. The van der Waals surface area contributed by atoms with E-state index in [0.29, 0.717) is 15.7 Å². The molecule has 6 heteroatoms. The first-order chi connectivity index (χ1) is 9.49. The number of phenols is 1. The standard InChI is InChI=1S/C14H18INO4/c1-3-7-16(9-13(18)20-4-2)14(19)10-5-6-11(15)12(17)8-10/h5-6,8,17H,3-4,7,9H2,1-2H3. The van der Waals surface area contributed by atoms with Gasteiger partial charge in [-0.2, -0.15) is 0 Å². The third kappa shape index (κ3) is 4.66. The third-order valence-corrected chi connectivity index (χ3v) is 3.51. The van der Waals surface area contributed by atoms with Crippen LogP contribution in [0.5, 0.6) is 5.75 Å². The number of halogens is 1. The van der Waals surface area contributed by atoms with Crippen LogP contribution in [0.25, 0.3) is 0 Å². The first kappa shape index (κ1) is 16.7. The summed E-state index contributed by atoms with van der Waals surface area (Å²) in [6.07, 6.45) is 0.738. The van der Waals surface area contributed by atoms with Crippen LogP contribution in [0.15, 0.2) is 18.2 Å². The lowest BCUT2D eigenvalue weighted by atomic mass is 10.2. The van der Waals surface area contributed by atoms with Crippen molar-refractivity contribution < 1.29 is 19.4 Å². The summed E-state index contributed by atoms with van der Waals surface area (Å²) in [7, 11) is 0. The highest BCUT2D eigenvalue weighted by molar-refractivity contribution is 14.1. The van der Waals surface area contributed by atoms with Gasteiger partial charge in [0.05, 0.1) is 10.2 Å². The predicted octanol–water partition coefficient (Wildman–Crippen LogP) is 2.41. The molecule has 1 rings (SSSR count). The molecule has 20 heavy (non-hydrogen) atoms. The summed E-state index contributed by atoms with van der Waals surface area (Å²) in [5, 5.41) is 9.66. The highest BCUT2D eigenvalue weighted by Gasteiger charge is 2.19. The molecule has 0 spiro atoms. The maximum absolute atomic E-state index is 12.3. The van der Waals surface area contributed by atoms with E-state index in [1.807, 2.05) is 29.5 Å². The Morgan fingerprint density at radius 2 is 2.05 bits per heavy atom. The van der Waals surface area contributed by atoms with E-state index in [1.54, 1.807) is 19.1 Å². The van der Waals surface area contributed by atoms with Crippen LogP contribution in [0.3, 0.4) is 0 Å². The van der Waals surface area contributed by atoms with E-state index in [0.717, 1.165) is 6.42 Å². The highest BCUT2D eigenvalue weighted by Crippen LogP contribution is 2.21. The largest absolute Gasteiger partial charge is 0.507 e. The minimum absolute atomic E-state index is 0.0593. The molecule has 0 saturated carbocycles. The predicted molar refractivity (Wildman–Crippen MR) is 83.7 cm³/mol. The summed E-state index contributed by atoms with van der Waals surface area (Å²) in [5.41, 5.74) is 0.362. The lowest BCUT2D eigenvalue weighted by Gasteiger charge is -2.21. The van der Waals surface area contributed by atoms with Gasteiger partial charge in [-0.25, -0.2) is 0 Å². The van der Waals surface area contributed by atoms with Gasteiger partial charge in [0.2, 0.25) is 0 Å². The maximum Gasteiger partial charge on any atom is 0.325 e. The van der Waals surface area contributed by atoms with Gasteiger partial charge in [-0.05, 0) is 54.1 Å². The summed E-state index contributed by atoms with van der Waals surface area (Å²) in [4.78, 5) is 25.3. The number of nitrogens with zero attached hydrogens (tertiary/aromatic N) is 1. The lowest BCUT2D eigenvalue weighted by Crippen LogP contribution is -2.37. The normalized spacial score (nSPS) is 10.2. The molecule has 1 amide bonds. The van der Waals surface area contributed by atoms with Crippen molar-refractivity contribution in [2.24, 2.45) is 0 Å². The number of amides is 1. The zero-order chi connectivity index (χ0) is 15.1. The number of ether oxygens (including phenoxy) is 1. The van der Waals surface area contributed by atoms with Gasteiger partial charge in [0.1, 0.15) is 12.3 Å². The number of hydrogen-bond donors (Lipinski definition) is 1. The van der Waals surface area contributed by atoms with Crippen molar-refractivity contribution in [3.63, 3.8) is 0 Å². The van der Waals surface area contributed by atoms with E-state index in [2.05, 4.69) is 0 Å². The van der Waals surface area contributed by atoms with Crippen LogP contribution in [-0.4, -0.2) is 41.6 Å². The van der Waals surface area contributed by atoms with Crippen molar-refractivity contribution in [3.05, 3.63) is 27.3 Å². The van der Waals surface area contributed by atoms with Crippen molar-refractivity contribution in [1.29, 1.82) is 0 Å². The highest BCUT2D eigenvalue weighted by atomic mass is 127. The van der Waals surface area contributed by atoms with Crippen LogP contribution < -0.4 is 0 Å². The van der Waals surface area contributed by atoms with Gasteiger partial charge in [-0.3, -0.25) is 9.59 Å². The number of hydrogen-bond acceptors (Lipinski definition) is 4. The summed E-state index contributed by atoms with van der Waals surface area (Å²) < 4.78 is 5.54. The van der Waals surface area contributed by atoms with E-state index >= 15 is 0 Å². The molecule has 0 heterocycles. The van der Waals surface area contributed by atoms with Gasteiger partial charge in [0.15, 0.2) is 0 Å². The van der Waals surface area contributed by atoms with E-state index in [-0.39, 0.29) is 24.8 Å². The van der Waals surface area contributed by atoms with Crippen molar-refractivity contribution in [1.82, 2.24) is 4.90 Å². The van der Waals surface area contributed by atoms with Crippen LogP contribution in [-0.2, 0) is 9.53 Å². The van der Waals surface area contributed by atoms with Gasteiger partial charge in [-0.15, -0.1) is 0 Å². The van der Waals surface area contributed by atoms with E-state index < -0.39 is 5.97 Å². The van der Waals surface area contributed by atoms with Gasteiger partial charge in [0.25, 0.3) is 5.91 Å². The van der Waals surface area contributed by atoms with Crippen LogP contribution in [0.4, 0.5) is 0 Å². The Labute approximate surface area is 132 Å². The Morgan fingerprint density at radius 3 is 2.60 bits per heavy atom. The molecule has 5 nitrogen and oxygen atoms in total. The Balaban J connectivity index is 2.87. The first-order valence-corrected chi connectivity index (χ1v) is 7.50. The van der Waals surface area contributed by atoms with Crippen LogP contribution in [0, 0.1) is 3.57 Å². The fourth-order valence-corrected chi connectivity index (χ4v) is 2.05. The quantitative estimate of drug-likeness (QED) is 0.598. The molecule has 1 N–H and O–H groups in total. The number of rotatable bonds is 6. The minimum atomic E-state index is -0.427. The number of phenolic OH excluding ortho intramolecular Hbond substituents is 1. The molecule has 110 valence electrons. The Bertz CT molecular complexity index is 490. The second-order valence-corrected chi connectivity index (χ2v) is 5.36. The monoisotopic (exact) mass is 391 g/mol. The molecule has 0 aliphatic heterocycles. The number of carbonyl (C=O) groups is 2. The molecule has 0 aliphatic carbocycles. The Hall–Kier alpha value is -1.31. The Morgan fingerprint density at radius 1 is 1.35 bits per heavy atom. The number of benzene rings is 1. The van der Waals surface area contributed by atoms with Crippen LogP contribution in [0.2, 0.25) is 0 Å². The lowest BCUT2D eigenvalue weighted by molar-refractivity contribution is -0.143. The molecule has 0 bridgehead atoms. The average molecular weight is 391 g/mol. The van der Waals surface area contributed by atoms with Crippen LogP contribution in [0.1, 0.15) is 30.6 Å². The minimum Gasteiger partial charge on any atom is -0.507 e. The molecular formula is C14H18INO4. The van der Waals surface area contributed by atoms with E-state index in [1.165, 1.54) is 11.0 Å². The topological polar surface area (TPSA) is 66.8 Å². The molecule has 0 atom stereocenters. The SMILES string of the molecule is CCCN(CC(=O)OCC)C(=O)c1ccc(I)c(O)c1. The molecule has 1 aromatic carbocycles. The van der Waals surface area contributed by atoms with Gasteiger partial charge in [-0.1, -0.05) is 6.92 Å². The fourth-order valence-electron chi connectivity index (χ4n) is 1.71. The van der Waals surface area contributed by atoms with Gasteiger partial charge in [0, 0.05) is 12.1 Å². The molecule has 0 unspecified atom stereocenters. The van der Waals surface area contributed by atoms with Crippen molar-refractivity contribution in [2.45, 2.75) is 20.3 Å². The first-order valence-electron chi connectivity index (χ1n) is 6.43.